The fraction of sp³-hybridized carbons (Fsp3) is 0.462. The highest BCUT2D eigenvalue weighted by Crippen LogP contribution is 2.38. The van der Waals surface area contributed by atoms with Gasteiger partial charge < -0.3 is 9.47 Å². The van der Waals surface area contributed by atoms with Gasteiger partial charge in [-0.15, -0.1) is 10.2 Å². The Bertz CT molecular complexity index is 1250. The van der Waals surface area contributed by atoms with Crippen LogP contribution in [0.4, 0.5) is 10.1 Å². The summed E-state index contributed by atoms with van der Waals surface area (Å²) in [6.45, 7) is 5.75. The number of nitrogens with zero attached hydrogens (tertiary/aromatic N) is 5. The van der Waals surface area contributed by atoms with E-state index in [2.05, 4.69) is 26.6 Å². The number of sulfonamides is 1. The smallest absolute Gasteiger partial charge is 0.221 e. The molecule has 0 saturated carbocycles. The Morgan fingerprint density at radius 3 is 2.43 bits per heavy atom. The normalized spacial score (nSPS) is 27.1. The average molecular weight is 498 g/mol. The lowest BCUT2D eigenvalue weighted by molar-refractivity contribution is 0.279. The van der Waals surface area contributed by atoms with Crippen molar-refractivity contribution in [3.05, 3.63) is 78.1 Å². The Labute approximate surface area is 206 Å². The van der Waals surface area contributed by atoms with Crippen molar-refractivity contribution < 1.29 is 12.8 Å². The van der Waals surface area contributed by atoms with Gasteiger partial charge in [-0.1, -0.05) is 43.3 Å². The Hall–Kier alpha value is -2.78. The first-order chi connectivity index (χ1) is 16.8. The number of anilines is 1. The van der Waals surface area contributed by atoms with Crippen molar-refractivity contribution >= 4 is 15.7 Å². The maximum absolute atomic E-state index is 15.3. The molecule has 35 heavy (non-hydrogen) atoms. The molecule has 7 nitrogen and oxygen atoms in total. The van der Waals surface area contributed by atoms with E-state index in [4.69, 9.17) is 0 Å². The van der Waals surface area contributed by atoms with Crippen LogP contribution in [0.5, 0.6) is 0 Å². The van der Waals surface area contributed by atoms with Gasteiger partial charge in [0.05, 0.1) is 0 Å². The van der Waals surface area contributed by atoms with E-state index in [1.807, 2.05) is 43.3 Å². The largest absolute Gasteiger partial charge is 0.371 e. The van der Waals surface area contributed by atoms with E-state index >= 15 is 4.39 Å². The summed E-state index contributed by atoms with van der Waals surface area (Å²) in [5.74, 6) is -0.00271. The summed E-state index contributed by atoms with van der Waals surface area (Å²) in [6.07, 6.45) is 5.76. The molecule has 186 valence electrons. The first-order valence-electron chi connectivity index (χ1n) is 12.3. The molecule has 9 heteroatoms. The minimum Gasteiger partial charge on any atom is -0.371 e. The number of aromatic nitrogens is 3. The predicted molar refractivity (Wildman–Crippen MR) is 134 cm³/mol. The Morgan fingerprint density at radius 2 is 1.74 bits per heavy atom. The SMILES string of the molecule is C[C@@H]1CN(c2ccc(CN3[C@@H](C)CCC(c4ccccc4)S3(=O)=O)c(F)c2)CCC1n1cnnc1. The molecule has 0 amide bonds. The first kappa shape index (κ1) is 23.9. The number of benzene rings is 2. The molecule has 0 radical (unpaired) electrons. The van der Waals surface area contributed by atoms with Crippen molar-refractivity contribution in [1.82, 2.24) is 19.1 Å². The number of hydrogen-bond acceptors (Lipinski definition) is 5. The third kappa shape index (κ3) is 4.71. The second-order valence-corrected chi connectivity index (χ2v) is 11.9. The topological polar surface area (TPSA) is 71.3 Å². The predicted octanol–water partition coefficient (Wildman–Crippen LogP) is 4.56. The van der Waals surface area contributed by atoms with Gasteiger partial charge in [0.15, 0.2) is 0 Å². The van der Waals surface area contributed by atoms with Crippen molar-refractivity contribution in [2.75, 3.05) is 18.0 Å². The van der Waals surface area contributed by atoms with Crippen LogP contribution in [0.1, 0.15) is 55.5 Å². The fourth-order valence-corrected chi connectivity index (χ4v) is 7.76. The van der Waals surface area contributed by atoms with Gasteiger partial charge in [0, 0.05) is 43.0 Å². The molecule has 1 aromatic heterocycles. The van der Waals surface area contributed by atoms with E-state index in [0.717, 1.165) is 37.2 Å². The van der Waals surface area contributed by atoms with Crippen LogP contribution in [-0.2, 0) is 16.6 Å². The minimum absolute atomic E-state index is 0.0467. The number of hydrogen-bond donors (Lipinski definition) is 0. The molecule has 2 saturated heterocycles. The third-order valence-corrected chi connectivity index (χ3v) is 9.97. The average Bonchev–Trinajstić information content (AvgIpc) is 3.37. The van der Waals surface area contributed by atoms with E-state index in [-0.39, 0.29) is 18.4 Å². The second kappa shape index (κ2) is 9.70. The molecular weight excluding hydrogens is 465 g/mol. The molecule has 2 aliphatic heterocycles. The van der Waals surface area contributed by atoms with E-state index in [1.54, 1.807) is 24.8 Å². The minimum atomic E-state index is -3.60. The highest BCUT2D eigenvalue weighted by atomic mass is 32.2. The van der Waals surface area contributed by atoms with Gasteiger partial charge >= 0.3 is 0 Å². The van der Waals surface area contributed by atoms with E-state index in [0.29, 0.717) is 23.9 Å². The summed E-state index contributed by atoms with van der Waals surface area (Å²) in [6, 6.07) is 14.7. The Balaban J connectivity index is 1.31. The lowest BCUT2D eigenvalue weighted by Gasteiger charge is -2.39. The van der Waals surface area contributed by atoms with Crippen molar-refractivity contribution in [2.24, 2.45) is 5.92 Å². The molecule has 3 aromatic rings. The molecule has 2 aromatic carbocycles. The molecule has 0 bridgehead atoms. The molecule has 4 atom stereocenters. The molecule has 0 aliphatic carbocycles. The maximum atomic E-state index is 15.3. The Morgan fingerprint density at radius 1 is 1.00 bits per heavy atom. The lowest BCUT2D eigenvalue weighted by atomic mass is 9.93. The summed E-state index contributed by atoms with van der Waals surface area (Å²) in [4.78, 5) is 2.20. The van der Waals surface area contributed by atoms with Gasteiger partial charge in [0.25, 0.3) is 0 Å². The van der Waals surface area contributed by atoms with Crippen LogP contribution in [0.2, 0.25) is 0 Å². The molecular formula is C26H32FN5O2S. The zero-order chi connectivity index (χ0) is 24.6. The summed E-state index contributed by atoms with van der Waals surface area (Å²) in [5.41, 5.74) is 2.03. The van der Waals surface area contributed by atoms with Gasteiger partial charge in [0.1, 0.15) is 23.7 Å². The quantitative estimate of drug-likeness (QED) is 0.517. The van der Waals surface area contributed by atoms with Crippen LogP contribution in [0.3, 0.4) is 0 Å². The van der Waals surface area contributed by atoms with Crippen LogP contribution in [-0.4, -0.2) is 46.6 Å². The van der Waals surface area contributed by atoms with Crippen LogP contribution in [0.25, 0.3) is 0 Å². The van der Waals surface area contributed by atoms with Crippen LogP contribution < -0.4 is 4.90 Å². The maximum Gasteiger partial charge on any atom is 0.221 e. The molecule has 2 fully saturated rings. The van der Waals surface area contributed by atoms with Gasteiger partial charge in [-0.3, -0.25) is 0 Å². The number of halogens is 1. The number of rotatable bonds is 5. The van der Waals surface area contributed by atoms with Crippen LogP contribution in [0.15, 0.2) is 61.2 Å². The number of piperidine rings is 1. The summed E-state index contributed by atoms with van der Waals surface area (Å²) >= 11 is 0. The zero-order valence-electron chi connectivity index (χ0n) is 20.2. The summed E-state index contributed by atoms with van der Waals surface area (Å²) < 4.78 is 45.8. The van der Waals surface area contributed by atoms with E-state index < -0.39 is 15.3 Å². The highest BCUT2D eigenvalue weighted by Gasteiger charge is 2.40. The standard InChI is InChI=1S/C26H32FN5O2S/c1-19-15-30(13-12-25(19)31-17-28-29-18-31)23-10-9-22(24(27)14-23)16-32-20(2)8-11-26(35(32,33)34)21-6-4-3-5-7-21/h3-7,9-10,14,17-20,25-26H,8,11-13,15-16H2,1-2H3/t19-,20+,25?,26?/m1/s1. The molecule has 2 unspecified atom stereocenters. The second-order valence-electron chi connectivity index (χ2n) is 9.88. The third-order valence-electron chi connectivity index (χ3n) is 7.60. The van der Waals surface area contributed by atoms with E-state index in [9.17, 15) is 8.42 Å². The van der Waals surface area contributed by atoms with Crippen molar-refractivity contribution in [3.8, 4) is 0 Å². The van der Waals surface area contributed by atoms with Crippen molar-refractivity contribution in [3.63, 3.8) is 0 Å². The highest BCUT2D eigenvalue weighted by molar-refractivity contribution is 7.89. The van der Waals surface area contributed by atoms with Gasteiger partial charge in [0.2, 0.25) is 10.0 Å². The van der Waals surface area contributed by atoms with Crippen molar-refractivity contribution in [1.29, 1.82) is 0 Å². The van der Waals surface area contributed by atoms with Crippen LogP contribution in [0, 0.1) is 11.7 Å². The van der Waals surface area contributed by atoms with Gasteiger partial charge in [-0.05, 0) is 49.8 Å². The van der Waals surface area contributed by atoms with Crippen molar-refractivity contribution in [2.45, 2.75) is 57.0 Å². The molecule has 3 heterocycles. The Kier molecular flexibility index (Phi) is 6.63. The first-order valence-corrected chi connectivity index (χ1v) is 13.8. The molecule has 0 spiro atoms. The molecule has 2 aliphatic rings. The summed E-state index contributed by atoms with van der Waals surface area (Å²) in [5, 5.41) is 7.25. The van der Waals surface area contributed by atoms with Gasteiger partial charge in [-0.2, -0.15) is 4.31 Å². The summed E-state index contributed by atoms with van der Waals surface area (Å²) in [7, 11) is -3.60. The zero-order valence-corrected chi connectivity index (χ0v) is 21.0. The van der Waals surface area contributed by atoms with Crippen LogP contribution >= 0.6 is 0 Å². The van der Waals surface area contributed by atoms with E-state index in [1.165, 1.54) is 4.31 Å². The molecule has 0 N–H and O–H groups in total. The molecule has 5 rings (SSSR count). The van der Waals surface area contributed by atoms with Gasteiger partial charge in [-0.25, -0.2) is 12.8 Å². The monoisotopic (exact) mass is 497 g/mol. The lowest BCUT2D eigenvalue weighted by Crippen LogP contribution is -2.44. The fourth-order valence-electron chi connectivity index (χ4n) is 5.57.